The van der Waals surface area contributed by atoms with Crippen molar-refractivity contribution >= 4 is 33.5 Å². The number of hydrogen-bond acceptors (Lipinski definition) is 3. The number of benzene rings is 1. The highest BCUT2D eigenvalue weighted by atomic mass is 79.9. The van der Waals surface area contributed by atoms with Crippen LogP contribution in [0.4, 0.5) is 5.69 Å². The van der Waals surface area contributed by atoms with E-state index < -0.39 is 5.97 Å². The largest absolute Gasteiger partial charge is 0.495 e. The van der Waals surface area contributed by atoms with Crippen LogP contribution in [0.3, 0.4) is 0 Å². The molecule has 0 radical (unpaired) electrons. The first-order valence-corrected chi connectivity index (χ1v) is 8.09. The minimum absolute atomic E-state index is 0.0714. The van der Waals surface area contributed by atoms with Gasteiger partial charge in [-0.05, 0) is 50.3 Å². The molecule has 0 aliphatic heterocycles. The second-order valence-electron chi connectivity index (χ2n) is 5.68. The molecule has 5 nitrogen and oxygen atoms in total. The Labute approximate surface area is 138 Å². The van der Waals surface area contributed by atoms with E-state index in [9.17, 15) is 9.59 Å². The van der Waals surface area contributed by atoms with Gasteiger partial charge < -0.3 is 15.2 Å². The normalized spacial score (nSPS) is 21.2. The van der Waals surface area contributed by atoms with Gasteiger partial charge in [-0.2, -0.15) is 0 Å². The highest BCUT2D eigenvalue weighted by molar-refractivity contribution is 9.10. The molecule has 120 valence electrons. The van der Waals surface area contributed by atoms with Crippen molar-refractivity contribution in [3.63, 3.8) is 0 Å². The number of carboxylic acids is 1. The van der Waals surface area contributed by atoms with Gasteiger partial charge in [-0.15, -0.1) is 0 Å². The second-order valence-corrected chi connectivity index (χ2v) is 6.53. The van der Waals surface area contributed by atoms with Crippen LogP contribution in [0.15, 0.2) is 16.6 Å². The lowest BCUT2D eigenvalue weighted by Gasteiger charge is -2.25. The smallest absolute Gasteiger partial charge is 0.306 e. The third-order valence-electron chi connectivity index (χ3n) is 4.19. The number of carbonyl (C=O) groups is 2. The Balaban J connectivity index is 2.04. The minimum Gasteiger partial charge on any atom is -0.495 e. The predicted octanol–water partition coefficient (Wildman–Crippen LogP) is 3.60. The zero-order chi connectivity index (χ0) is 16.3. The summed E-state index contributed by atoms with van der Waals surface area (Å²) in [6.45, 7) is 1.95. The molecule has 1 aliphatic carbocycles. The number of carboxylic acid groups (broad SMARTS) is 1. The molecule has 0 unspecified atom stereocenters. The summed E-state index contributed by atoms with van der Waals surface area (Å²) in [7, 11) is 1.57. The van der Waals surface area contributed by atoms with Crippen molar-refractivity contribution in [1.29, 1.82) is 0 Å². The van der Waals surface area contributed by atoms with Gasteiger partial charge in [0.05, 0.1) is 18.7 Å². The molecule has 1 saturated carbocycles. The molecule has 6 heteroatoms. The Hall–Kier alpha value is -1.56. The molecule has 2 N–H and O–H groups in total. The van der Waals surface area contributed by atoms with Crippen molar-refractivity contribution in [2.75, 3.05) is 12.4 Å². The highest BCUT2D eigenvalue weighted by Gasteiger charge is 2.30. The Morgan fingerprint density at radius 2 is 1.82 bits per heavy atom. The first-order chi connectivity index (χ1) is 10.4. The summed E-state index contributed by atoms with van der Waals surface area (Å²) in [5, 5.41) is 11.9. The van der Waals surface area contributed by atoms with Gasteiger partial charge in [0.2, 0.25) is 5.91 Å². The molecular formula is C16H20BrNO4. The van der Waals surface area contributed by atoms with E-state index >= 15 is 0 Å². The molecule has 0 atom stereocenters. The third kappa shape index (κ3) is 3.80. The van der Waals surface area contributed by atoms with Crippen LogP contribution in [-0.2, 0) is 9.59 Å². The number of aliphatic carboxylic acids is 1. The molecule has 0 aromatic heterocycles. The Kier molecular flexibility index (Phi) is 5.45. The number of carbonyl (C=O) groups excluding carboxylic acids is 1. The van der Waals surface area contributed by atoms with Gasteiger partial charge in [-0.1, -0.05) is 15.9 Å². The van der Waals surface area contributed by atoms with Gasteiger partial charge in [0, 0.05) is 10.4 Å². The summed E-state index contributed by atoms with van der Waals surface area (Å²) in [5.74, 6) is -0.665. The predicted molar refractivity (Wildman–Crippen MR) is 87.1 cm³/mol. The molecule has 1 aliphatic rings. The van der Waals surface area contributed by atoms with E-state index in [4.69, 9.17) is 9.84 Å². The lowest BCUT2D eigenvalue weighted by Crippen LogP contribution is -2.29. The first kappa shape index (κ1) is 16.8. The van der Waals surface area contributed by atoms with Gasteiger partial charge in [-0.3, -0.25) is 9.59 Å². The van der Waals surface area contributed by atoms with Crippen LogP contribution >= 0.6 is 15.9 Å². The number of hydrogen-bond donors (Lipinski definition) is 2. The molecule has 22 heavy (non-hydrogen) atoms. The quantitative estimate of drug-likeness (QED) is 0.849. The molecule has 0 spiro atoms. The molecule has 0 bridgehead atoms. The van der Waals surface area contributed by atoms with E-state index in [1.54, 1.807) is 7.11 Å². The van der Waals surface area contributed by atoms with Gasteiger partial charge >= 0.3 is 5.97 Å². The molecule has 1 aromatic rings. The van der Waals surface area contributed by atoms with E-state index in [0.29, 0.717) is 37.1 Å². The number of amides is 1. The highest BCUT2D eigenvalue weighted by Crippen LogP contribution is 2.34. The molecule has 2 rings (SSSR count). The van der Waals surface area contributed by atoms with E-state index in [0.717, 1.165) is 10.0 Å². The van der Waals surface area contributed by atoms with E-state index in [1.807, 2.05) is 19.1 Å². The van der Waals surface area contributed by atoms with Gasteiger partial charge in [0.15, 0.2) is 0 Å². The van der Waals surface area contributed by atoms with Gasteiger partial charge in [-0.25, -0.2) is 0 Å². The maximum absolute atomic E-state index is 12.4. The van der Waals surface area contributed by atoms with Crippen molar-refractivity contribution in [1.82, 2.24) is 0 Å². The summed E-state index contributed by atoms with van der Waals surface area (Å²) < 4.78 is 6.21. The van der Waals surface area contributed by atoms with Crippen molar-refractivity contribution in [3.05, 3.63) is 22.2 Å². The Morgan fingerprint density at radius 1 is 1.23 bits per heavy atom. The van der Waals surface area contributed by atoms with Crippen LogP contribution < -0.4 is 10.1 Å². The average Bonchev–Trinajstić information content (AvgIpc) is 2.50. The average molecular weight is 370 g/mol. The summed E-state index contributed by atoms with van der Waals surface area (Å²) in [6, 6.07) is 3.69. The van der Waals surface area contributed by atoms with Crippen molar-refractivity contribution in [3.8, 4) is 5.75 Å². The van der Waals surface area contributed by atoms with E-state index in [-0.39, 0.29) is 17.7 Å². The molecular weight excluding hydrogens is 350 g/mol. The van der Waals surface area contributed by atoms with Crippen molar-refractivity contribution < 1.29 is 19.4 Å². The molecule has 0 heterocycles. The van der Waals surface area contributed by atoms with Crippen LogP contribution in [0.25, 0.3) is 0 Å². The first-order valence-electron chi connectivity index (χ1n) is 7.30. The Morgan fingerprint density at radius 3 is 2.36 bits per heavy atom. The van der Waals surface area contributed by atoms with E-state index in [2.05, 4.69) is 21.2 Å². The van der Waals surface area contributed by atoms with E-state index in [1.165, 1.54) is 0 Å². The molecule has 1 amide bonds. The second kappa shape index (κ2) is 7.13. The number of methoxy groups -OCH3 is 1. The number of halogens is 1. The monoisotopic (exact) mass is 369 g/mol. The zero-order valence-corrected chi connectivity index (χ0v) is 14.3. The Bertz CT molecular complexity index is 580. The van der Waals surface area contributed by atoms with Crippen LogP contribution in [0.1, 0.15) is 31.2 Å². The minimum atomic E-state index is -0.761. The number of rotatable bonds is 4. The maximum atomic E-state index is 12.4. The van der Waals surface area contributed by atoms with Crippen LogP contribution in [-0.4, -0.2) is 24.1 Å². The fourth-order valence-electron chi connectivity index (χ4n) is 2.76. The summed E-state index contributed by atoms with van der Waals surface area (Å²) >= 11 is 3.45. The number of aryl methyl sites for hydroxylation is 1. The van der Waals surface area contributed by atoms with Crippen LogP contribution in [0.5, 0.6) is 5.75 Å². The summed E-state index contributed by atoms with van der Waals surface area (Å²) in [6.07, 6.45) is 2.33. The fraction of sp³-hybridized carbons (Fsp3) is 0.500. The van der Waals surface area contributed by atoms with Crippen molar-refractivity contribution in [2.45, 2.75) is 32.6 Å². The van der Waals surface area contributed by atoms with Gasteiger partial charge in [0.25, 0.3) is 0 Å². The lowest BCUT2D eigenvalue weighted by atomic mass is 9.81. The standard InChI is InChI=1S/C16H20BrNO4/c1-9-7-14(22-2)13(8-12(9)17)18-15(19)10-3-5-11(6-4-10)16(20)21/h7-8,10-11H,3-6H2,1-2H3,(H,18,19)(H,20,21). The lowest BCUT2D eigenvalue weighted by molar-refractivity contribution is -0.143. The van der Waals surface area contributed by atoms with Crippen molar-refractivity contribution in [2.24, 2.45) is 11.8 Å². The van der Waals surface area contributed by atoms with Crippen LogP contribution in [0.2, 0.25) is 0 Å². The summed E-state index contributed by atoms with van der Waals surface area (Å²) in [5.41, 5.74) is 1.65. The zero-order valence-electron chi connectivity index (χ0n) is 12.7. The topological polar surface area (TPSA) is 75.6 Å². The molecule has 1 fully saturated rings. The van der Waals surface area contributed by atoms with Gasteiger partial charge in [0.1, 0.15) is 5.75 Å². The third-order valence-corrected chi connectivity index (χ3v) is 5.04. The summed E-state index contributed by atoms with van der Waals surface area (Å²) in [4.78, 5) is 23.3. The SMILES string of the molecule is COc1cc(C)c(Br)cc1NC(=O)C1CCC(C(=O)O)CC1. The fourth-order valence-corrected chi connectivity index (χ4v) is 3.10. The molecule has 1 aromatic carbocycles. The maximum Gasteiger partial charge on any atom is 0.306 e. The molecule has 0 saturated heterocycles. The number of anilines is 1. The number of nitrogens with one attached hydrogen (secondary N) is 1. The van der Waals surface area contributed by atoms with Crippen LogP contribution in [0, 0.1) is 18.8 Å². The number of ether oxygens (including phenoxy) is 1.